The zero-order valence-corrected chi connectivity index (χ0v) is 19.9. The lowest BCUT2D eigenvalue weighted by molar-refractivity contribution is 0.0552. The van der Waals surface area contributed by atoms with Crippen molar-refractivity contribution in [3.8, 4) is 23.0 Å². The molecule has 0 radical (unpaired) electrons. The summed E-state index contributed by atoms with van der Waals surface area (Å²) in [7, 11) is 0. The third-order valence-electron chi connectivity index (χ3n) is 6.86. The van der Waals surface area contributed by atoms with Gasteiger partial charge in [0.2, 0.25) is 0 Å². The largest absolute Gasteiger partial charge is 0.508 e. The molecule has 182 valence electrons. The first-order valence-electron chi connectivity index (χ1n) is 12.0. The predicted molar refractivity (Wildman–Crippen MR) is 134 cm³/mol. The van der Waals surface area contributed by atoms with Crippen molar-refractivity contribution in [2.45, 2.75) is 32.7 Å². The molecule has 2 N–H and O–H groups in total. The molecular weight excluding hydrogens is 445 g/mol. The van der Waals surface area contributed by atoms with Gasteiger partial charge in [-0.3, -0.25) is 4.90 Å². The van der Waals surface area contributed by atoms with Crippen LogP contribution < -0.4 is 9.47 Å². The van der Waals surface area contributed by atoms with Gasteiger partial charge in [-0.05, 0) is 78.4 Å². The summed E-state index contributed by atoms with van der Waals surface area (Å²) in [6.45, 7) is 5.67. The average Bonchev–Trinajstić information content (AvgIpc) is 3.29. The molecule has 0 bridgehead atoms. The quantitative estimate of drug-likeness (QED) is 0.417. The van der Waals surface area contributed by atoms with Crippen LogP contribution in [0.2, 0.25) is 0 Å². The van der Waals surface area contributed by atoms with Crippen LogP contribution in [0.3, 0.4) is 0 Å². The van der Waals surface area contributed by atoms with Crippen molar-refractivity contribution in [1.82, 2.24) is 4.90 Å². The molecule has 3 aromatic rings. The van der Waals surface area contributed by atoms with Gasteiger partial charge in [0, 0.05) is 24.2 Å². The second kappa shape index (κ2) is 9.62. The fourth-order valence-electron chi connectivity index (χ4n) is 4.95. The zero-order valence-electron chi connectivity index (χ0n) is 19.9. The number of ether oxygens (including phenoxy) is 2. The van der Waals surface area contributed by atoms with Crippen molar-refractivity contribution in [2.75, 3.05) is 19.7 Å². The maximum Gasteiger partial charge on any atom is 0.187 e. The van der Waals surface area contributed by atoms with E-state index in [0.29, 0.717) is 17.4 Å². The SMILES string of the molecule is CC1=C(c2cccc(O)c2)C(c2ccc(OC[C@H](F)N3CC[C@@H](C)C3)cc2)Oc2ccc(O)cc21. The summed E-state index contributed by atoms with van der Waals surface area (Å²) >= 11 is 0. The first-order valence-corrected chi connectivity index (χ1v) is 12.0. The molecule has 0 saturated carbocycles. The Morgan fingerprint density at radius 3 is 2.54 bits per heavy atom. The summed E-state index contributed by atoms with van der Waals surface area (Å²) in [5.74, 6) is 2.13. The summed E-state index contributed by atoms with van der Waals surface area (Å²) < 4.78 is 26.7. The summed E-state index contributed by atoms with van der Waals surface area (Å²) in [6, 6.07) is 19.6. The lowest BCUT2D eigenvalue weighted by Crippen LogP contribution is -2.34. The summed E-state index contributed by atoms with van der Waals surface area (Å²) in [5, 5.41) is 20.1. The number of benzene rings is 3. The van der Waals surface area contributed by atoms with E-state index in [4.69, 9.17) is 9.47 Å². The monoisotopic (exact) mass is 475 g/mol. The molecule has 0 spiro atoms. The molecule has 1 unspecified atom stereocenters. The Balaban J connectivity index is 1.41. The molecule has 0 amide bonds. The molecule has 1 fully saturated rings. The van der Waals surface area contributed by atoms with E-state index in [2.05, 4.69) is 6.92 Å². The van der Waals surface area contributed by atoms with E-state index in [-0.39, 0.29) is 18.1 Å². The van der Waals surface area contributed by atoms with Gasteiger partial charge in [-0.1, -0.05) is 31.2 Å². The Morgan fingerprint density at radius 2 is 1.83 bits per heavy atom. The molecular formula is C29H30FNO4. The number of rotatable bonds is 6. The summed E-state index contributed by atoms with van der Waals surface area (Å²) in [4.78, 5) is 1.83. The maximum absolute atomic E-state index is 14.6. The molecule has 0 aromatic heterocycles. The fourth-order valence-corrected chi connectivity index (χ4v) is 4.95. The van der Waals surface area contributed by atoms with Gasteiger partial charge in [-0.2, -0.15) is 0 Å². The second-order valence-corrected chi connectivity index (χ2v) is 9.47. The van der Waals surface area contributed by atoms with Crippen LogP contribution in [0, 0.1) is 5.92 Å². The van der Waals surface area contributed by atoms with E-state index in [1.807, 2.05) is 42.2 Å². The van der Waals surface area contributed by atoms with Gasteiger partial charge in [0.15, 0.2) is 6.30 Å². The maximum atomic E-state index is 14.6. The van der Waals surface area contributed by atoms with Gasteiger partial charge in [0.05, 0.1) is 0 Å². The van der Waals surface area contributed by atoms with Crippen molar-refractivity contribution in [2.24, 2.45) is 5.92 Å². The highest BCUT2D eigenvalue weighted by Crippen LogP contribution is 2.47. The fraction of sp³-hybridized carbons (Fsp3) is 0.310. The number of alkyl halides is 1. The van der Waals surface area contributed by atoms with Gasteiger partial charge >= 0.3 is 0 Å². The van der Waals surface area contributed by atoms with Crippen LogP contribution in [-0.4, -0.2) is 41.1 Å². The highest BCUT2D eigenvalue weighted by atomic mass is 19.1. The van der Waals surface area contributed by atoms with Crippen LogP contribution in [0.15, 0.2) is 66.7 Å². The lowest BCUT2D eigenvalue weighted by Gasteiger charge is -2.31. The van der Waals surface area contributed by atoms with E-state index < -0.39 is 12.4 Å². The number of likely N-dealkylation sites (tertiary alicyclic amines) is 1. The Hall–Kier alpha value is -3.51. The third kappa shape index (κ3) is 4.84. The molecule has 6 heteroatoms. The molecule has 2 heterocycles. The number of phenols is 2. The third-order valence-corrected chi connectivity index (χ3v) is 6.86. The predicted octanol–water partition coefficient (Wildman–Crippen LogP) is 6.18. The molecule has 5 nitrogen and oxygen atoms in total. The van der Waals surface area contributed by atoms with Crippen molar-refractivity contribution < 1.29 is 24.1 Å². The molecule has 5 rings (SSSR count). The van der Waals surface area contributed by atoms with Crippen molar-refractivity contribution in [3.63, 3.8) is 0 Å². The minimum Gasteiger partial charge on any atom is -0.508 e. The Kier molecular flexibility index (Phi) is 6.39. The highest BCUT2D eigenvalue weighted by molar-refractivity contribution is 5.95. The Bertz CT molecular complexity index is 1240. The molecule has 35 heavy (non-hydrogen) atoms. The van der Waals surface area contributed by atoms with Gasteiger partial charge in [-0.25, -0.2) is 4.39 Å². The Labute approximate surface area is 205 Å². The van der Waals surface area contributed by atoms with Gasteiger partial charge in [0.1, 0.15) is 35.7 Å². The van der Waals surface area contributed by atoms with Gasteiger partial charge in [-0.15, -0.1) is 0 Å². The van der Waals surface area contributed by atoms with Gasteiger partial charge < -0.3 is 19.7 Å². The topological polar surface area (TPSA) is 62.2 Å². The van der Waals surface area contributed by atoms with E-state index in [0.717, 1.165) is 47.3 Å². The minimum absolute atomic E-state index is 0.00355. The van der Waals surface area contributed by atoms with Crippen molar-refractivity contribution in [1.29, 1.82) is 0 Å². The number of hydrogen-bond acceptors (Lipinski definition) is 5. The van der Waals surface area contributed by atoms with E-state index in [1.165, 1.54) is 0 Å². The molecule has 2 aliphatic heterocycles. The van der Waals surface area contributed by atoms with E-state index in [1.54, 1.807) is 36.4 Å². The summed E-state index contributed by atoms with van der Waals surface area (Å²) in [5.41, 5.74) is 4.41. The van der Waals surface area contributed by atoms with Crippen LogP contribution in [-0.2, 0) is 0 Å². The first-order chi connectivity index (χ1) is 16.9. The van der Waals surface area contributed by atoms with Crippen molar-refractivity contribution in [3.05, 3.63) is 83.4 Å². The standard InChI is InChI=1S/C29H30FNO4/c1-18-12-13-31(16-18)27(30)17-34-24-9-6-20(7-10-24)29-28(21-4-3-5-22(32)14-21)19(2)25-15-23(33)8-11-26(25)35-29/h3-11,14-15,18,27,29,32-33H,12-13,16-17H2,1-2H3/t18-,27-,29?/m1/s1. The molecule has 3 atom stereocenters. The zero-order chi connectivity index (χ0) is 24.5. The highest BCUT2D eigenvalue weighted by Gasteiger charge is 2.30. The number of hydrogen-bond donors (Lipinski definition) is 2. The minimum atomic E-state index is -1.11. The lowest BCUT2D eigenvalue weighted by atomic mass is 9.86. The molecule has 2 aliphatic rings. The van der Waals surface area contributed by atoms with Crippen molar-refractivity contribution >= 4 is 11.1 Å². The molecule has 1 saturated heterocycles. The summed E-state index contributed by atoms with van der Waals surface area (Å²) in [6.07, 6.45) is -0.520. The van der Waals surface area contributed by atoms with Crippen LogP contribution in [0.1, 0.15) is 43.1 Å². The van der Waals surface area contributed by atoms with Crippen LogP contribution in [0.5, 0.6) is 23.0 Å². The van der Waals surface area contributed by atoms with Gasteiger partial charge in [0.25, 0.3) is 0 Å². The number of phenolic OH excluding ortho intramolecular Hbond substituents is 2. The van der Waals surface area contributed by atoms with E-state index in [9.17, 15) is 14.6 Å². The number of aromatic hydroxyl groups is 2. The average molecular weight is 476 g/mol. The van der Waals surface area contributed by atoms with E-state index >= 15 is 0 Å². The number of halogens is 1. The number of nitrogens with zero attached hydrogens (tertiary/aromatic N) is 1. The normalized spacial score (nSPS) is 20.9. The Morgan fingerprint density at radius 1 is 1.06 bits per heavy atom. The first kappa shape index (κ1) is 23.2. The molecule has 0 aliphatic carbocycles. The number of allylic oxidation sites excluding steroid dienone is 1. The van der Waals surface area contributed by atoms with Crippen LogP contribution in [0.25, 0.3) is 11.1 Å². The van der Waals surface area contributed by atoms with Crippen LogP contribution in [0.4, 0.5) is 4.39 Å². The second-order valence-electron chi connectivity index (χ2n) is 9.47. The smallest absolute Gasteiger partial charge is 0.187 e. The van der Waals surface area contributed by atoms with Crippen LogP contribution >= 0.6 is 0 Å². The number of fused-ring (bicyclic) bond motifs is 1. The molecule has 3 aromatic carbocycles.